The van der Waals surface area contributed by atoms with Crippen LogP contribution in [0.4, 0.5) is 0 Å². The summed E-state index contributed by atoms with van der Waals surface area (Å²) in [6, 6.07) is 8.21. The molecule has 1 saturated heterocycles. The first kappa shape index (κ1) is 15.8. The molecule has 0 atom stereocenters. The summed E-state index contributed by atoms with van der Waals surface area (Å²) in [6.07, 6.45) is 3.22. The fraction of sp³-hybridized carbons (Fsp3) is 0.647. The molecule has 1 aromatic carbocycles. The van der Waals surface area contributed by atoms with Crippen LogP contribution in [0.3, 0.4) is 0 Å². The molecule has 0 spiro atoms. The van der Waals surface area contributed by atoms with Crippen molar-refractivity contribution in [3.8, 4) is 0 Å². The van der Waals surface area contributed by atoms with E-state index in [4.69, 9.17) is 16.3 Å². The maximum absolute atomic E-state index is 6.34. The molecule has 1 heterocycles. The Labute approximate surface area is 127 Å². The lowest BCUT2D eigenvalue weighted by Crippen LogP contribution is -2.47. The molecular weight excluding hydrogens is 270 g/mol. The average Bonchev–Trinajstić information content (AvgIpc) is 2.40. The topological polar surface area (TPSA) is 21.3 Å². The number of hydrogen-bond acceptors (Lipinski definition) is 2. The van der Waals surface area contributed by atoms with Gasteiger partial charge >= 0.3 is 0 Å². The lowest BCUT2D eigenvalue weighted by Gasteiger charge is -2.40. The molecule has 0 aromatic heterocycles. The largest absolute Gasteiger partial charge is 0.381 e. The Bertz CT molecular complexity index is 433. The SMILES string of the molecule is CC(C)(C)NCC1(Cc2ccccc2Cl)CCOCC1. The van der Waals surface area contributed by atoms with Crippen LogP contribution >= 0.6 is 11.6 Å². The highest BCUT2D eigenvalue weighted by Crippen LogP contribution is 2.36. The number of benzene rings is 1. The lowest BCUT2D eigenvalue weighted by atomic mass is 9.74. The summed E-state index contributed by atoms with van der Waals surface area (Å²) in [5.41, 5.74) is 1.66. The second-order valence-corrected chi connectivity index (χ2v) is 7.39. The highest BCUT2D eigenvalue weighted by molar-refractivity contribution is 6.31. The average molecular weight is 296 g/mol. The molecular formula is C17H26ClNO. The molecule has 1 aliphatic heterocycles. The van der Waals surface area contributed by atoms with Crippen LogP contribution in [-0.2, 0) is 11.2 Å². The van der Waals surface area contributed by atoms with Crippen LogP contribution in [0.1, 0.15) is 39.2 Å². The van der Waals surface area contributed by atoms with E-state index in [9.17, 15) is 0 Å². The molecule has 112 valence electrons. The normalized spacial score (nSPS) is 19.0. The molecule has 0 aliphatic carbocycles. The first-order valence-electron chi connectivity index (χ1n) is 7.47. The highest BCUT2D eigenvalue weighted by atomic mass is 35.5. The van der Waals surface area contributed by atoms with Gasteiger partial charge < -0.3 is 10.1 Å². The molecule has 1 aromatic rings. The molecule has 3 heteroatoms. The molecule has 0 saturated carbocycles. The number of halogens is 1. The van der Waals surface area contributed by atoms with Gasteiger partial charge in [0.15, 0.2) is 0 Å². The quantitative estimate of drug-likeness (QED) is 0.904. The van der Waals surface area contributed by atoms with E-state index in [0.717, 1.165) is 44.0 Å². The Morgan fingerprint density at radius 2 is 1.85 bits per heavy atom. The van der Waals surface area contributed by atoms with Crippen molar-refractivity contribution in [1.29, 1.82) is 0 Å². The predicted molar refractivity (Wildman–Crippen MR) is 85.4 cm³/mol. The standard InChI is InChI=1S/C17H26ClNO/c1-16(2,3)19-13-17(8-10-20-11-9-17)12-14-6-4-5-7-15(14)18/h4-7,19H,8-13H2,1-3H3. The van der Waals surface area contributed by atoms with Crippen molar-refractivity contribution in [2.24, 2.45) is 5.41 Å². The van der Waals surface area contributed by atoms with E-state index in [1.807, 2.05) is 12.1 Å². The fourth-order valence-corrected chi connectivity index (χ4v) is 2.92. The van der Waals surface area contributed by atoms with Crippen LogP contribution in [0.15, 0.2) is 24.3 Å². The minimum Gasteiger partial charge on any atom is -0.381 e. The molecule has 0 amide bonds. The van der Waals surface area contributed by atoms with E-state index < -0.39 is 0 Å². The van der Waals surface area contributed by atoms with Crippen molar-refractivity contribution in [2.45, 2.75) is 45.6 Å². The second kappa shape index (κ2) is 6.46. The summed E-state index contributed by atoms with van der Waals surface area (Å²) in [5.74, 6) is 0. The third-order valence-electron chi connectivity index (χ3n) is 4.07. The molecule has 1 N–H and O–H groups in total. The van der Waals surface area contributed by atoms with Crippen LogP contribution < -0.4 is 5.32 Å². The van der Waals surface area contributed by atoms with E-state index in [1.165, 1.54) is 5.56 Å². The van der Waals surface area contributed by atoms with Gasteiger partial charge in [0.25, 0.3) is 0 Å². The van der Waals surface area contributed by atoms with Crippen molar-refractivity contribution >= 4 is 11.6 Å². The molecule has 0 bridgehead atoms. The molecule has 2 nitrogen and oxygen atoms in total. The molecule has 1 fully saturated rings. The van der Waals surface area contributed by atoms with Gasteiger partial charge in [-0.15, -0.1) is 0 Å². The van der Waals surface area contributed by atoms with Crippen molar-refractivity contribution in [1.82, 2.24) is 5.32 Å². The Morgan fingerprint density at radius 1 is 1.20 bits per heavy atom. The van der Waals surface area contributed by atoms with Crippen LogP contribution in [0.2, 0.25) is 5.02 Å². The summed E-state index contributed by atoms with van der Waals surface area (Å²) in [7, 11) is 0. The summed E-state index contributed by atoms with van der Waals surface area (Å²) < 4.78 is 5.56. The molecule has 0 radical (unpaired) electrons. The lowest BCUT2D eigenvalue weighted by molar-refractivity contribution is 0.0121. The number of hydrogen-bond donors (Lipinski definition) is 1. The van der Waals surface area contributed by atoms with Crippen molar-refractivity contribution in [3.63, 3.8) is 0 Å². The number of rotatable bonds is 4. The van der Waals surface area contributed by atoms with Gasteiger partial charge in [-0.2, -0.15) is 0 Å². The summed E-state index contributed by atoms with van der Waals surface area (Å²) in [5, 5.41) is 4.56. The maximum Gasteiger partial charge on any atom is 0.0471 e. The Kier molecular flexibility index (Phi) is 5.11. The third-order valence-corrected chi connectivity index (χ3v) is 4.44. The first-order chi connectivity index (χ1) is 9.40. The van der Waals surface area contributed by atoms with Gasteiger partial charge in [0, 0.05) is 30.3 Å². The number of nitrogens with one attached hydrogen (secondary N) is 1. The molecule has 2 rings (SSSR count). The summed E-state index contributed by atoms with van der Waals surface area (Å²) in [4.78, 5) is 0. The van der Waals surface area contributed by atoms with E-state index in [0.29, 0.717) is 0 Å². The zero-order valence-electron chi connectivity index (χ0n) is 12.8. The third kappa shape index (κ3) is 4.47. The first-order valence-corrected chi connectivity index (χ1v) is 7.84. The van der Waals surface area contributed by atoms with Gasteiger partial charge in [-0.3, -0.25) is 0 Å². The number of ether oxygens (including phenoxy) is 1. The smallest absolute Gasteiger partial charge is 0.0471 e. The fourth-order valence-electron chi connectivity index (χ4n) is 2.72. The van der Waals surface area contributed by atoms with Gasteiger partial charge in [-0.05, 0) is 57.1 Å². The zero-order valence-corrected chi connectivity index (χ0v) is 13.6. The van der Waals surface area contributed by atoms with Gasteiger partial charge in [-0.1, -0.05) is 29.8 Å². The Morgan fingerprint density at radius 3 is 2.45 bits per heavy atom. The summed E-state index contributed by atoms with van der Waals surface area (Å²) in [6.45, 7) is 9.39. The predicted octanol–water partition coefficient (Wildman–Crippen LogP) is 4.07. The minimum absolute atomic E-state index is 0.145. The minimum atomic E-state index is 0.145. The molecule has 0 unspecified atom stereocenters. The van der Waals surface area contributed by atoms with Gasteiger partial charge in [0.2, 0.25) is 0 Å². The van der Waals surface area contributed by atoms with E-state index in [2.05, 4.69) is 38.2 Å². The van der Waals surface area contributed by atoms with E-state index in [-0.39, 0.29) is 11.0 Å². The van der Waals surface area contributed by atoms with Crippen LogP contribution in [-0.4, -0.2) is 25.3 Å². The molecule has 1 aliphatic rings. The Hall–Kier alpha value is -0.570. The maximum atomic E-state index is 6.34. The summed E-state index contributed by atoms with van der Waals surface area (Å²) >= 11 is 6.34. The Balaban J connectivity index is 2.12. The van der Waals surface area contributed by atoms with Crippen LogP contribution in [0.25, 0.3) is 0 Å². The van der Waals surface area contributed by atoms with E-state index >= 15 is 0 Å². The zero-order chi connectivity index (χ0) is 14.6. The highest BCUT2D eigenvalue weighted by Gasteiger charge is 2.34. The van der Waals surface area contributed by atoms with Gasteiger partial charge in [0.05, 0.1) is 0 Å². The second-order valence-electron chi connectivity index (χ2n) is 6.98. The van der Waals surface area contributed by atoms with Crippen molar-refractivity contribution < 1.29 is 4.74 Å². The van der Waals surface area contributed by atoms with Gasteiger partial charge in [0.1, 0.15) is 0 Å². The van der Waals surface area contributed by atoms with Crippen molar-refractivity contribution in [2.75, 3.05) is 19.8 Å². The van der Waals surface area contributed by atoms with E-state index in [1.54, 1.807) is 0 Å². The van der Waals surface area contributed by atoms with Crippen LogP contribution in [0, 0.1) is 5.41 Å². The van der Waals surface area contributed by atoms with Crippen molar-refractivity contribution in [3.05, 3.63) is 34.9 Å². The van der Waals surface area contributed by atoms with Gasteiger partial charge in [-0.25, -0.2) is 0 Å². The molecule has 20 heavy (non-hydrogen) atoms. The van der Waals surface area contributed by atoms with Crippen LogP contribution in [0.5, 0.6) is 0 Å². The monoisotopic (exact) mass is 295 g/mol.